The molecule has 5 nitrogen and oxygen atoms in total. The normalized spacial score (nSPS) is 31.7. The highest BCUT2D eigenvalue weighted by Gasteiger charge is 2.49. The van der Waals surface area contributed by atoms with Crippen LogP contribution in [-0.4, -0.2) is 45.6 Å². The second-order valence-corrected chi connectivity index (χ2v) is 3.37. The van der Waals surface area contributed by atoms with Crippen LogP contribution in [0.5, 0.6) is 0 Å². The Balaban J connectivity index is 2.59. The summed E-state index contributed by atoms with van der Waals surface area (Å²) >= 11 is 0. The van der Waals surface area contributed by atoms with Gasteiger partial charge in [0.05, 0.1) is 12.6 Å². The van der Waals surface area contributed by atoms with Crippen molar-refractivity contribution < 1.29 is 19.5 Å². The third-order valence-corrected chi connectivity index (χ3v) is 2.75. The molecule has 0 saturated carbocycles. The summed E-state index contributed by atoms with van der Waals surface area (Å²) in [6, 6.07) is -0.468. The first-order valence-corrected chi connectivity index (χ1v) is 4.34. The lowest BCUT2D eigenvalue weighted by molar-refractivity contribution is -0.159. The second kappa shape index (κ2) is 3.95. The van der Waals surface area contributed by atoms with E-state index in [1.807, 2.05) is 9.47 Å². The zero-order chi connectivity index (χ0) is 9.30. The molecule has 0 aromatic carbocycles. The van der Waals surface area contributed by atoms with Crippen LogP contribution in [-0.2, 0) is 9.32 Å². The lowest BCUT2D eigenvalue weighted by Crippen LogP contribution is -2.65. The van der Waals surface area contributed by atoms with Crippen molar-refractivity contribution >= 4 is 24.8 Å². The number of β-lactam (4-membered cyclic amide) rings is 1. The zero-order valence-electron chi connectivity index (χ0n) is 6.25. The van der Waals surface area contributed by atoms with Crippen LogP contribution < -0.4 is 0 Å². The zero-order valence-corrected chi connectivity index (χ0v) is 8.56. The van der Waals surface area contributed by atoms with Crippen molar-refractivity contribution in [2.45, 2.75) is 18.2 Å². The van der Waals surface area contributed by atoms with Crippen molar-refractivity contribution in [1.29, 1.82) is 0 Å². The summed E-state index contributed by atoms with van der Waals surface area (Å²) in [4.78, 5) is 11.0. The van der Waals surface area contributed by atoms with Gasteiger partial charge in [0.25, 0.3) is 5.91 Å². The Morgan fingerprint density at radius 3 is 2.75 bits per heavy atom. The van der Waals surface area contributed by atoms with Gasteiger partial charge in [-0.3, -0.25) is 4.79 Å². The molecule has 1 aliphatic rings. The monoisotopic (exact) mass is 211 g/mol. The molecule has 12 heavy (non-hydrogen) atoms. The van der Waals surface area contributed by atoms with Crippen LogP contribution in [0.15, 0.2) is 0 Å². The number of nitrogens with zero attached hydrogens (tertiary/aromatic N) is 1. The maximum absolute atomic E-state index is 11.0. The van der Waals surface area contributed by atoms with E-state index in [0.29, 0.717) is 0 Å². The van der Waals surface area contributed by atoms with E-state index >= 15 is 0 Å². The third-order valence-electron chi connectivity index (χ3n) is 1.86. The summed E-state index contributed by atoms with van der Waals surface area (Å²) in [6.07, 6.45) is -1.61. The number of hydrogen-bond donors (Lipinski definition) is 2. The van der Waals surface area contributed by atoms with Gasteiger partial charge in [0, 0.05) is 9.47 Å². The Bertz CT molecular complexity index is 190. The molecule has 0 aliphatic carbocycles. The Morgan fingerprint density at radius 1 is 1.75 bits per heavy atom. The van der Waals surface area contributed by atoms with Crippen LogP contribution in [0.4, 0.5) is 0 Å². The van der Waals surface area contributed by atoms with Crippen molar-refractivity contribution in [2.24, 2.45) is 0 Å². The molecule has 1 rings (SSSR count). The predicted molar refractivity (Wildman–Crippen MR) is 48.0 cm³/mol. The summed E-state index contributed by atoms with van der Waals surface area (Å²) in [6.45, 7) is -0.382. The summed E-state index contributed by atoms with van der Waals surface area (Å²) in [7, 11) is 4.14. The number of carbonyl (C=O) groups is 1. The Kier molecular flexibility index (Phi) is 3.38. The lowest BCUT2D eigenvalue weighted by Gasteiger charge is -2.45. The molecule has 1 aliphatic heterocycles. The molecule has 0 spiro atoms. The molecule has 7 heteroatoms. The van der Waals surface area contributed by atoms with E-state index in [0.717, 1.165) is 0 Å². The first-order valence-electron chi connectivity index (χ1n) is 3.35. The van der Waals surface area contributed by atoms with Crippen molar-refractivity contribution in [3.63, 3.8) is 0 Å². The molecule has 0 aromatic heterocycles. The van der Waals surface area contributed by atoms with Crippen LogP contribution in [0.2, 0.25) is 0 Å². The number of hydrogen-bond acceptors (Lipinski definition) is 4. The van der Waals surface area contributed by atoms with E-state index in [9.17, 15) is 9.90 Å². The first kappa shape index (κ1) is 10.3. The third kappa shape index (κ3) is 1.48. The number of rotatable bonds is 3. The first-order chi connectivity index (χ1) is 5.63. The summed E-state index contributed by atoms with van der Waals surface area (Å²) in [5.74, 6) is -0.215. The van der Waals surface area contributed by atoms with Crippen LogP contribution >= 0.6 is 18.9 Å². The molecule has 1 fully saturated rings. The highest BCUT2D eigenvalue weighted by atomic mass is 31.0. The van der Waals surface area contributed by atoms with E-state index in [4.69, 9.17) is 9.63 Å². The van der Waals surface area contributed by atoms with Gasteiger partial charge in [0.1, 0.15) is 6.10 Å². The molecule has 1 heterocycles. The van der Waals surface area contributed by atoms with E-state index in [1.54, 1.807) is 0 Å². The fourth-order valence-electron chi connectivity index (χ4n) is 1.14. The highest BCUT2D eigenvalue weighted by Crippen LogP contribution is 2.30. The van der Waals surface area contributed by atoms with Crippen LogP contribution in [0.1, 0.15) is 0 Å². The van der Waals surface area contributed by atoms with Crippen LogP contribution in [0, 0.1) is 0 Å². The van der Waals surface area contributed by atoms with Crippen LogP contribution in [0.3, 0.4) is 0 Å². The van der Waals surface area contributed by atoms with Crippen molar-refractivity contribution in [2.75, 3.05) is 6.61 Å². The van der Waals surface area contributed by atoms with Gasteiger partial charge in [0.2, 0.25) is 0 Å². The number of amides is 1. The van der Waals surface area contributed by atoms with E-state index in [1.165, 1.54) is 4.67 Å². The van der Waals surface area contributed by atoms with E-state index in [2.05, 4.69) is 9.39 Å². The maximum atomic E-state index is 11.0. The molecular weight excluding hydrogens is 200 g/mol. The van der Waals surface area contributed by atoms with Crippen LogP contribution in [0.25, 0.3) is 0 Å². The predicted octanol–water partition coefficient (Wildman–Crippen LogP) is -1.48. The smallest absolute Gasteiger partial charge is 0.257 e. The minimum absolute atomic E-state index is 0.215. The van der Waals surface area contributed by atoms with Gasteiger partial charge in [0.15, 0.2) is 6.10 Å². The maximum Gasteiger partial charge on any atom is 0.257 e. The van der Waals surface area contributed by atoms with Crippen molar-refractivity contribution in [3.05, 3.63) is 0 Å². The standard InChI is InChI=1S/C5H11NO4P2/c7-1-2(8)3-4(10-12)5(9)6(3)11/h2-4,7-8H,1,11-12H2/t2?,3?,4-/m1/s1. The fourth-order valence-corrected chi connectivity index (χ4v) is 1.92. The molecule has 0 bridgehead atoms. The van der Waals surface area contributed by atoms with Gasteiger partial charge in [-0.1, -0.05) is 0 Å². The molecule has 2 N–H and O–H groups in total. The van der Waals surface area contributed by atoms with Gasteiger partial charge >= 0.3 is 0 Å². The number of aliphatic hydroxyl groups is 2. The average molecular weight is 211 g/mol. The van der Waals surface area contributed by atoms with Gasteiger partial charge < -0.3 is 19.4 Å². The van der Waals surface area contributed by atoms with Crippen molar-refractivity contribution in [3.8, 4) is 0 Å². The average Bonchev–Trinajstić information content (AvgIpc) is 2.11. The molecular formula is C5H11NO4P2. The minimum Gasteiger partial charge on any atom is -0.394 e. The molecule has 4 unspecified atom stereocenters. The summed E-state index contributed by atoms with van der Waals surface area (Å²) in [5.41, 5.74) is 0. The molecule has 1 amide bonds. The molecule has 1 saturated heterocycles. The number of carbonyl (C=O) groups excluding carboxylic acids is 1. The highest BCUT2D eigenvalue weighted by molar-refractivity contribution is 7.15. The largest absolute Gasteiger partial charge is 0.394 e. The molecule has 70 valence electrons. The minimum atomic E-state index is -0.953. The molecule has 5 atom stereocenters. The fraction of sp³-hybridized carbons (Fsp3) is 0.800. The Morgan fingerprint density at radius 2 is 2.33 bits per heavy atom. The molecule has 0 aromatic rings. The summed E-state index contributed by atoms with van der Waals surface area (Å²) < 4.78 is 6.02. The Labute approximate surface area is 74.6 Å². The second-order valence-electron chi connectivity index (χ2n) is 2.54. The van der Waals surface area contributed by atoms with Gasteiger partial charge in [-0.2, -0.15) is 0 Å². The van der Waals surface area contributed by atoms with E-state index in [-0.39, 0.29) is 12.5 Å². The van der Waals surface area contributed by atoms with Gasteiger partial charge in [-0.05, 0) is 9.39 Å². The number of aliphatic hydroxyl groups excluding tert-OH is 2. The lowest BCUT2D eigenvalue weighted by atomic mass is 9.97. The van der Waals surface area contributed by atoms with Crippen molar-refractivity contribution in [1.82, 2.24) is 4.67 Å². The summed E-state index contributed by atoms with van der Waals surface area (Å²) in [5, 5.41) is 17.8. The quantitative estimate of drug-likeness (QED) is 0.441. The molecule has 0 radical (unpaired) electrons. The van der Waals surface area contributed by atoms with Gasteiger partial charge in [-0.15, -0.1) is 0 Å². The van der Waals surface area contributed by atoms with E-state index < -0.39 is 18.2 Å². The van der Waals surface area contributed by atoms with Gasteiger partial charge in [-0.25, -0.2) is 0 Å². The topological polar surface area (TPSA) is 70.0 Å². The Hall–Kier alpha value is 0.210. The SMILES string of the molecule is O=C1[C@H](OP)C(C(O)CO)N1P.